The van der Waals surface area contributed by atoms with Gasteiger partial charge in [-0.05, 0) is 6.07 Å². The van der Waals surface area contributed by atoms with Gasteiger partial charge in [-0.15, -0.1) is 0 Å². The summed E-state index contributed by atoms with van der Waals surface area (Å²) in [5.41, 5.74) is 0.648. The summed E-state index contributed by atoms with van der Waals surface area (Å²) in [6.45, 7) is 5.61. The Morgan fingerprint density at radius 1 is 0.909 bits per heavy atom. The van der Waals surface area contributed by atoms with Crippen LogP contribution in [0.5, 0.6) is 0 Å². The lowest BCUT2D eigenvalue weighted by atomic mass is 10.2. The molecule has 1 aromatic rings. The zero-order valence-corrected chi connectivity index (χ0v) is 19.4. The predicted molar refractivity (Wildman–Crippen MR) is 121 cm³/mol. The molecule has 0 N–H and O–H groups in total. The van der Waals surface area contributed by atoms with Gasteiger partial charge >= 0.3 is 0 Å². The zero-order chi connectivity index (χ0) is 23.4. The molecule has 13 heteroatoms. The van der Waals surface area contributed by atoms with Crippen LogP contribution in [-0.4, -0.2) is 123 Å². The third-order valence-electron chi connectivity index (χ3n) is 6.36. The maximum absolute atomic E-state index is 12.8. The fourth-order valence-corrected chi connectivity index (χ4v) is 5.99. The van der Waals surface area contributed by atoms with E-state index in [1.807, 2.05) is 9.80 Å². The van der Waals surface area contributed by atoms with Crippen molar-refractivity contribution in [2.45, 2.75) is 0 Å². The van der Waals surface area contributed by atoms with E-state index in [1.54, 1.807) is 23.1 Å². The second-order valence-corrected chi connectivity index (χ2v) is 10.2. The van der Waals surface area contributed by atoms with Gasteiger partial charge in [0, 0.05) is 71.5 Å². The molecule has 3 saturated heterocycles. The second kappa shape index (κ2) is 10.3. The lowest BCUT2D eigenvalue weighted by Gasteiger charge is -2.39. The van der Waals surface area contributed by atoms with Crippen molar-refractivity contribution in [2.75, 3.05) is 90.1 Å². The number of rotatable bonds is 6. The van der Waals surface area contributed by atoms with Crippen LogP contribution in [0.15, 0.2) is 24.3 Å². The highest BCUT2D eigenvalue weighted by molar-refractivity contribution is 7.86. The first-order valence-corrected chi connectivity index (χ1v) is 12.6. The Labute approximate surface area is 193 Å². The van der Waals surface area contributed by atoms with E-state index in [0.29, 0.717) is 84.3 Å². The molecule has 0 unspecified atom stereocenters. The van der Waals surface area contributed by atoms with Crippen molar-refractivity contribution in [1.29, 1.82) is 0 Å². The number of benzene rings is 1. The number of nitro benzene ring substituents is 1. The largest absolute Gasteiger partial charge is 0.379 e. The lowest BCUT2D eigenvalue weighted by molar-refractivity contribution is -0.384. The number of ether oxygens (including phenoxy) is 1. The maximum atomic E-state index is 12.8. The predicted octanol–water partition coefficient (Wildman–Crippen LogP) is -0.562. The first kappa shape index (κ1) is 23.8. The van der Waals surface area contributed by atoms with Crippen LogP contribution in [0, 0.1) is 10.1 Å². The van der Waals surface area contributed by atoms with Gasteiger partial charge in [0.25, 0.3) is 15.9 Å². The number of nitrogens with zero attached hydrogens (tertiary/aromatic N) is 6. The molecule has 1 aromatic carbocycles. The van der Waals surface area contributed by atoms with Gasteiger partial charge in [0.2, 0.25) is 5.91 Å². The van der Waals surface area contributed by atoms with E-state index >= 15 is 0 Å². The number of hydrogen-bond acceptors (Lipinski definition) is 8. The molecule has 4 rings (SSSR count). The Hall–Kier alpha value is -2.32. The number of nitro groups is 1. The van der Waals surface area contributed by atoms with Crippen LogP contribution in [0.4, 0.5) is 11.4 Å². The van der Waals surface area contributed by atoms with Gasteiger partial charge in [-0.1, -0.05) is 12.1 Å². The molecule has 0 bridgehead atoms. The second-order valence-electron chi connectivity index (χ2n) is 8.31. The molecule has 3 fully saturated rings. The molecule has 0 saturated carbocycles. The smallest absolute Gasteiger partial charge is 0.292 e. The Bertz CT molecular complexity index is 954. The number of hydrogen-bond donors (Lipinski definition) is 0. The molecule has 12 nitrogen and oxygen atoms in total. The highest BCUT2D eigenvalue weighted by atomic mass is 32.2. The molecule has 182 valence electrons. The van der Waals surface area contributed by atoms with Crippen LogP contribution in [-0.2, 0) is 19.7 Å². The molecule has 3 heterocycles. The number of carbonyl (C=O) groups is 1. The van der Waals surface area contributed by atoms with E-state index in [0.717, 1.165) is 0 Å². The number of morpholine rings is 1. The van der Waals surface area contributed by atoms with Crippen LogP contribution in [0.1, 0.15) is 0 Å². The summed E-state index contributed by atoms with van der Waals surface area (Å²) in [5.74, 6) is 0.00157. The molecular formula is C20H30N6O6S. The Kier molecular flexibility index (Phi) is 7.44. The van der Waals surface area contributed by atoms with Crippen molar-refractivity contribution >= 4 is 27.5 Å². The average molecular weight is 483 g/mol. The average Bonchev–Trinajstić information content (AvgIpc) is 2.85. The van der Waals surface area contributed by atoms with E-state index in [-0.39, 0.29) is 23.1 Å². The minimum Gasteiger partial charge on any atom is -0.379 e. The standard InChI is InChI=1S/C20H30N6O6S/c27-20(23-9-7-22(8-10-23)18-3-1-2-4-19(18)26(28)29)17-21-5-11-24(12-6-21)33(30,31)25-13-15-32-16-14-25/h1-4H,5-17H2. The fourth-order valence-electron chi connectivity index (χ4n) is 4.43. The van der Waals surface area contributed by atoms with E-state index < -0.39 is 10.2 Å². The summed E-state index contributed by atoms with van der Waals surface area (Å²) < 4.78 is 33.8. The Balaban J connectivity index is 1.25. The van der Waals surface area contributed by atoms with Gasteiger partial charge in [-0.25, -0.2) is 0 Å². The topological polar surface area (TPSA) is 120 Å². The highest BCUT2D eigenvalue weighted by Gasteiger charge is 2.34. The molecule has 3 aliphatic rings. The lowest BCUT2D eigenvalue weighted by Crippen LogP contribution is -2.57. The summed E-state index contributed by atoms with van der Waals surface area (Å²) >= 11 is 0. The van der Waals surface area contributed by atoms with E-state index in [9.17, 15) is 23.3 Å². The normalized spacial score (nSPS) is 21.8. The summed E-state index contributed by atoms with van der Waals surface area (Å²) in [5, 5.41) is 11.3. The van der Waals surface area contributed by atoms with Gasteiger partial charge in [-0.3, -0.25) is 19.8 Å². The summed E-state index contributed by atoms with van der Waals surface area (Å²) in [4.78, 5) is 29.4. The Morgan fingerprint density at radius 3 is 2.15 bits per heavy atom. The quantitative estimate of drug-likeness (QED) is 0.391. The SMILES string of the molecule is O=C(CN1CCN(S(=O)(=O)N2CCOCC2)CC1)N1CCN(c2ccccc2[N+](=O)[O-])CC1. The number of anilines is 1. The van der Waals surface area contributed by atoms with E-state index in [2.05, 4.69) is 0 Å². The number of amides is 1. The Morgan fingerprint density at radius 2 is 1.52 bits per heavy atom. The summed E-state index contributed by atoms with van der Waals surface area (Å²) in [6, 6.07) is 6.65. The van der Waals surface area contributed by atoms with Crippen molar-refractivity contribution in [3.8, 4) is 0 Å². The molecule has 1 amide bonds. The minimum absolute atomic E-state index is 0.00157. The number of carbonyl (C=O) groups excluding carboxylic acids is 1. The first-order valence-electron chi connectivity index (χ1n) is 11.2. The van der Waals surface area contributed by atoms with Crippen molar-refractivity contribution in [3.63, 3.8) is 0 Å². The molecule has 0 aromatic heterocycles. The maximum Gasteiger partial charge on any atom is 0.292 e. The number of piperazine rings is 2. The van der Waals surface area contributed by atoms with Crippen molar-refractivity contribution in [3.05, 3.63) is 34.4 Å². The van der Waals surface area contributed by atoms with Crippen molar-refractivity contribution < 1.29 is 22.9 Å². The van der Waals surface area contributed by atoms with Gasteiger partial charge in [-0.2, -0.15) is 17.0 Å². The zero-order valence-electron chi connectivity index (χ0n) is 18.5. The van der Waals surface area contributed by atoms with E-state index in [4.69, 9.17) is 4.74 Å². The monoisotopic (exact) mass is 482 g/mol. The third-order valence-corrected chi connectivity index (χ3v) is 8.40. The number of para-hydroxylation sites is 2. The van der Waals surface area contributed by atoms with Gasteiger partial charge in [0.1, 0.15) is 5.69 Å². The van der Waals surface area contributed by atoms with Crippen LogP contribution in [0.3, 0.4) is 0 Å². The molecule has 0 spiro atoms. The third kappa shape index (κ3) is 5.44. The van der Waals surface area contributed by atoms with Gasteiger partial charge in [0.15, 0.2) is 0 Å². The molecule has 0 aliphatic carbocycles. The van der Waals surface area contributed by atoms with Crippen LogP contribution < -0.4 is 4.90 Å². The van der Waals surface area contributed by atoms with Crippen molar-refractivity contribution in [1.82, 2.24) is 18.4 Å². The van der Waals surface area contributed by atoms with Crippen LogP contribution >= 0.6 is 0 Å². The molecular weight excluding hydrogens is 452 g/mol. The summed E-state index contributed by atoms with van der Waals surface area (Å²) in [7, 11) is -3.49. The summed E-state index contributed by atoms with van der Waals surface area (Å²) in [6.07, 6.45) is 0. The van der Waals surface area contributed by atoms with E-state index in [1.165, 1.54) is 14.7 Å². The molecule has 3 aliphatic heterocycles. The molecule has 33 heavy (non-hydrogen) atoms. The van der Waals surface area contributed by atoms with Crippen LogP contribution in [0.25, 0.3) is 0 Å². The van der Waals surface area contributed by atoms with Gasteiger partial charge < -0.3 is 14.5 Å². The highest BCUT2D eigenvalue weighted by Crippen LogP contribution is 2.28. The molecule has 0 radical (unpaired) electrons. The van der Waals surface area contributed by atoms with Crippen LogP contribution in [0.2, 0.25) is 0 Å². The molecule has 0 atom stereocenters. The fraction of sp³-hybridized carbons (Fsp3) is 0.650. The minimum atomic E-state index is -3.49. The van der Waals surface area contributed by atoms with Gasteiger partial charge in [0.05, 0.1) is 24.7 Å². The first-order chi connectivity index (χ1) is 15.9. The van der Waals surface area contributed by atoms with Crippen molar-refractivity contribution in [2.24, 2.45) is 0 Å².